The van der Waals surface area contributed by atoms with Crippen LogP contribution in [0, 0.1) is 0 Å². The molecular formula is C12H21N3O2S. The van der Waals surface area contributed by atoms with E-state index in [-0.39, 0.29) is 4.90 Å². The lowest BCUT2D eigenvalue weighted by Crippen LogP contribution is -2.31. The molecule has 1 rings (SSSR count). The summed E-state index contributed by atoms with van der Waals surface area (Å²) in [7, 11) is -1.21. The van der Waals surface area contributed by atoms with Gasteiger partial charge in [-0.1, -0.05) is 0 Å². The minimum Gasteiger partial charge on any atom is -0.368 e. The number of hydrogen-bond acceptors (Lipinski definition) is 5. The van der Waals surface area contributed by atoms with Gasteiger partial charge in [0.15, 0.2) is 9.84 Å². The van der Waals surface area contributed by atoms with Gasteiger partial charge in [0.1, 0.15) is 10.7 Å². The molecule has 0 unspecified atom stereocenters. The zero-order chi connectivity index (χ0) is 13.8. The Morgan fingerprint density at radius 1 is 1.44 bits per heavy atom. The van der Waals surface area contributed by atoms with Crippen LogP contribution in [0.25, 0.3) is 0 Å². The van der Waals surface area contributed by atoms with Crippen molar-refractivity contribution in [2.75, 3.05) is 31.7 Å². The summed E-state index contributed by atoms with van der Waals surface area (Å²) in [5.74, 6) is 0.428. The number of likely N-dealkylation sites (N-methyl/N-ethyl adjacent to an activating group) is 1. The zero-order valence-corrected chi connectivity index (χ0v) is 12.2. The van der Waals surface area contributed by atoms with Crippen molar-refractivity contribution in [3.8, 4) is 0 Å². The van der Waals surface area contributed by atoms with E-state index in [0.717, 1.165) is 6.54 Å². The number of aromatic nitrogens is 1. The summed E-state index contributed by atoms with van der Waals surface area (Å²) in [4.78, 5) is 6.50. The summed E-state index contributed by atoms with van der Waals surface area (Å²) in [6, 6.07) is 3.66. The van der Waals surface area contributed by atoms with E-state index in [4.69, 9.17) is 0 Å². The van der Waals surface area contributed by atoms with E-state index in [9.17, 15) is 8.42 Å². The van der Waals surface area contributed by atoms with Crippen LogP contribution in [0.15, 0.2) is 23.2 Å². The topological polar surface area (TPSA) is 62.3 Å². The SMILES string of the molecule is CC(C)N(C)CCNc1ncccc1S(C)(=O)=O. The average Bonchev–Trinajstić information content (AvgIpc) is 2.28. The summed E-state index contributed by atoms with van der Waals surface area (Å²) in [5.41, 5.74) is 0. The van der Waals surface area contributed by atoms with Gasteiger partial charge in [-0.25, -0.2) is 13.4 Å². The minimum absolute atomic E-state index is 0.247. The zero-order valence-electron chi connectivity index (χ0n) is 11.3. The number of pyridine rings is 1. The Morgan fingerprint density at radius 2 is 2.11 bits per heavy atom. The highest BCUT2D eigenvalue weighted by atomic mass is 32.2. The first-order valence-electron chi connectivity index (χ1n) is 5.91. The van der Waals surface area contributed by atoms with Crippen LogP contribution in [-0.4, -0.2) is 50.7 Å². The standard InChI is InChI=1S/C12H21N3O2S/c1-10(2)15(3)9-8-14-12-11(18(4,16)17)6-5-7-13-12/h5-7,10H,8-9H2,1-4H3,(H,13,14). The van der Waals surface area contributed by atoms with E-state index < -0.39 is 9.84 Å². The molecule has 1 N–H and O–H groups in total. The number of nitrogens with zero attached hydrogens (tertiary/aromatic N) is 2. The van der Waals surface area contributed by atoms with E-state index in [0.29, 0.717) is 18.4 Å². The second kappa shape index (κ2) is 6.15. The van der Waals surface area contributed by atoms with Crippen LogP contribution in [0.3, 0.4) is 0 Å². The lowest BCUT2D eigenvalue weighted by atomic mass is 10.3. The lowest BCUT2D eigenvalue weighted by molar-refractivity contribution is 0.284. The van der Waals surface area contributed by atoms with Crippen LogP contribution in [-0.2, 0) is 9.84 Å². The molecule has 0 saturated carbocycles. The van der Waals surface area contributed by atoms with Crippen LogP contribution in [0.2, 0.25) is 0 Å². The van der Waals surface area contributed by atoms with Gasteiger partial charge in [0.05, 0.1) is 0 Å². The fraction of sp³-hybridized carbons (Fsp3) is 0.583. The molecule has 6 heteroatoms. The van der Waals surface area contributed by atoms with E-state index in [2.05, 4.69) is 29.0 Å². The maximum absolute atomic E-state index is 11.6. The van der Waals surface area contributed by atoms with Crippen molar-refractivity contribution in [3.05, 3.63) is 18.3 Å². The third-order valence-electron chi connectivity index (χ3n) is 2.81. The Labute approximate surface area is 109 Å². The quantitative estimate of drug-likeness (QED) is 0.843. The van der Waals surface area contributed by atoms with Gasteiger partial charge < -0.3 is 10.2 Å². The second-order valence-corrected chi connectivity index (χ2v) is 6.61. The molecular weight excluding hydrogens is 250 g/mol. The molecule has 0 aromatic carbocycles. The van der Waals surface area contributed by atoms with Gasteiger partial charge in [0, 0.05) is 31.6 Å². The van der Waals surface area contributed by atoms with Crippen molar-refractivity contribution in [3.63, 3.8) is 0 Å². The molecule has 18 heavy (non-hydrogen) atoms. The molecule has 0 aliphatic heterocycles. The highest BCUT2D eigenvalue weighted by Gasteiger charge is 2.13. The highest BCUT2D eigenvalue weighted by molar-refractivity contribution is 7.90. The lowest BCUT2D eigenvalue weighted by Gasteiger charge is -2.21. The molecule has 5 nitrogen and oxygen atoms in total. The van der Waals surface area contributed by atoms with Gasteiger partial charge in [-0.2, -0.15) is 0 Å². The molecule has 0 aliphatic rings. The highest BCUT2D eigenvalue weighted by Crippen LogP contribution is 2.17. The predicted octanol–water partition coefficient (Wildman–Crippen LogP) is 1.24. The minimum atomic E-state index is -3.24. The molecule has 1 heterocycles. The van der Waals surface area contributed by atoms with Crippen molar-refractivity contribution in [1.29, 1.82) is 0 Å². The van der Waals surface area contributed by atoms with Gasteiger partial charge in [0.2, 0.25) is 0 Å². The molecule has 0 bridgehead atoms. The monoisotopic (exact) mass is 271 g/mol. The molecule has 0 radical (unpaired) electrons. The van der Waals surface area contributed by atoms with Gasteiger partial charge in [0.25, 0.3) is 0 Å². The van der Waals surface area contributed by atoms with Crippen LogP contribution < -0.4 is 5.32 Å². The van der Waals surface area contributed by atoms with Crippen molar-refractivity contribution in [2.24, 2.45) is 0 Å². The van der Waals surface area contributed by atoms with Crippen molar-refractivity contribution >= 4 is 15.7 Å². The van der Waals surface area contributed by atoms with Crippen LogP contribution >= 0.6 is 0 Å². The van der Waals surface area contributed by atoms with Crippen LogP contribution in [0.4, 0.5) is 5.82 Å². The Balaban J connectivity index is 2.69. The molecule has 0 saturated heterocycles. The Morgan fingerprint density at radius 3 is 2.67 bits per heavy atom. The Kier molecular flexibility index (Phi) is 5.10. The Bertz CT molecular complexity index is 486. The summed E-state index contributed by atoms with van der Waals surface area (Å²) in [5, 5.41) is 3.07. The third-order valence-corrected chi connectivity index (χ3v) is 3.94. The van der Waals surface area contributed by atoms with Gasteiger partial charge in [-0.05, 0) is 33.0 Å². The maximum atomic E-state index is 11.6. The molecule has 102 valence electrons. The summed E-state index contributed by atoms with van der Waals surface area (Å²) in [6.07, 6.45) is 2.78. The molecule has 0 spiro atoms. The summed E-state index contributed by atoms with van der Waals surface area (Å²) < 4.78 is 23.1. The number of anilines is 1. The maximum Gasteiger partial charge on any atom is 0.179 e. The first kappa shape index (κ1) is 14.9. The van der Waals surface area contributed by atoms with Crippen LogP contribution in [0.5, 0.6) is 0 Å². The molecule has 1 aromatic heterocycles. The summed E-state index contributed by atoms with van der Waals surface area (Å²) in [6.45, 7) is 5.72. The van der Waals surface area contributed by atoms with E-state index in [1.807, 2.05) is 7.05 Å². The normalized spacial score (nSPS) is 12.1. The number of nitrogens with one attached hydrogen (secondary N) is 1. The van der Waals surface area contributed by atoms with Crippen molar-refractivity contribution in [1.82, 2.24) is 9.88 Å². The fourth-order valence-electron chi connectivity index (χ4n) is 1.43. The Hall–Kier alpha value is -1.14. The van der Waals surface area contributed by atoms with Crippen molar-refractivity contribution in [2.45, 2.75) is 24.8 Å². The molecule has 0 fully saturated rings. The van der Waals surface area contributed by atoms with Crippen LogP contribution in [0.1, 0.15) is 13.8 Å². The first-order chi connectivity index (χ1) is 8.32. The van der Waals surface area contributed by atoms with E-state index in [1.165, 1.54) is 6.26 Å². The molecule has 0 atom stereocenters. The molecule has 1 aromatic rings. The van der Waals surface area contributed by atoms with Gasteiger partial charge >= 0.3 is 0 Å². The van der Waals surface area contributed by atoms with Crippen molar-refractivity contribution < 1.29 is 8.42 Å². The number of rotatable bonds is 6. The van der Waals surface area contributed by atoms with Gasteiger partial charge in [-0.3, -0.25) is 0 Å². The number of hydrogen-bond donors (Lipinski definition) is 1. The summed E-state index contributed by atoms with van der Waals surface area (Å²) >= 11 is 0. The predicted molar refractivity (Wildman–Crippen MR) is 73.6 cm³/mol. The first-order valence-corrected chi connectivity index (χ1v) is 7.80. The second-order valence-electron chi connectivity index (χ2n) is 4.62. The van der Waals surface area contributed by atoms with E-state index in [1.54, 1.807) is 18.3 Å². The third kappa shape index (κ3) is 4.27. The fourth-order valence-corrected chi connectivity index (χ4v) is 2.23. The van der Waals surface area contributed by atoms with E-state index >= 15 is 0 Å². The molecule has 0 aliphatic carbocycles. The largest absolute Gasteiger partial charge is 0.368 e. The number of sulfone groups is 1. The molecule has 0 amide bonds. The average molecular weight is 271 g/mol. The van der Waals surface area contributed by atoms with Gasteiger partial charge in [-0.15, -0.1) is 0 Å². The smallest absolute Gasteiger partial charge is 0.179 e.